The van der Waals surface area contributed by atoms with E-state index in [0.717, 1.165) is 5.56 Å². The van der Waals surface area contributed by atoms with Crippen LogP contribution in [0.1, 0.15) is 18.1 Å². The Bertz CT molecular complexity index is 927. The van der Waals surface area contributed by atoms with Gasteiger partial charge in [-0.05, 0) is 73.6 Å². The number of phenols is 1. The summed E-state index contributed by atoms with van der Waals surface area (Å²) in [6.07, 6.45) is 1.67. The first-order valence-corrected chi connectivity index (χ1v) is 8.78. The zero-order valence-electron chi connectivity index (χ0n) is 14.2. The Morgan fingerprint density at radius 1 is 1.31 bits per heavy atom. The second-order valence-corrected chi connectivity index (χ2v) is 6.54. The molecule has 0 aliphatic carbocycles. The summed E-state index contributed by atoms with van der Waals surface area (Å²) in [7, 11) is 0. The molecule has 2 aromatic rings. The number of thiocarbonyl (C=S) groups is 1. The quantitative estimate of drug-likeness (QED) is 0.612. The van der Waals surface area contributed by atoms with E-state index in [1.807, 2.05) is 13.8 Å². The van der Waals surface area contributed by atoms with E-state index in [1.54, 1.807) is 36.4 Å². The maximum absolute atomic E-state index is 12.8. The third-order valence-electron chi connectivity index (χ3n) is 3.87. The predicted octanol–water partition coefficient (Wildman–Crippen LogP) is 4.01. The van der Waals surface area contributed by atoms with Gasteiger partial charge < -0.3 is 15.2 Å². The largest absolute Gasteiger partial charge is 0.504 e. The molecular formula is C19H17ClN2O3S. The number of ether oxygens (including phenoxy) is 1. The number of amides is 1. The number of phenolic OH excluding ortho intramolecular Hbond substituents is 1. The van der Waals surface area contributed by atoms with Gasteiger partial charge in [0.25, 0.3) is 5.91 Å². The number of carbonyl (C=O) groups excluding carboxylic acids is 1. The summed E-state index contributed by atoms with van der Waals surface area (Å²) in [5.74, 6) is 0.153. The van der Waals surface area contributed by atoms with Crippen molar-refractivity contribution < 1.29 is 14.6 Å². The van der Waals surface area contributed by atoms with Crippen molar-refractivity contribution in [2.24, 2.45) is 0 Å². The van der Waals surface area contributed by atoms with Crippen molar-refractivity contribution in [3.63, 3.8) is 0 Å². The minimum atomic E-state index is -0.258. The molecule has 0 atom stereocenters. The molecule has 0 radical (unpaired) electrons. The van der Waals surface area contributed by atoms with Crippen LogP contribution in [-0.2, 0) is 4.79 Å². The molecule has 0 spiro atoms. The Hall–Kier alpha value is -2.57. The van der Waals surface area contributed by atoms with Gasteiger partial charge in [0, 0.05) is 5.02 Å². The molecule has 1 aliphatic rings. The van der Waals surface area contributed by atoms with Crippen LogP contribution in [0.4, 0.5) is 5.69 Å². The maximum Gasteiger partial charge on any atom is 0.281 e. The molecule has 1 fully saturated rings. The highest BCUT2D eigenvalue weighted by molar-refractivity contribution is 7.80. The highest BCUT2D eigenvalue weighted by atomic mass is 35.5. The number of hydrogen-bond donors (Lipinski definition) is 2. The van der Waals surface area contributed by atoms with E-state index < -0.39 is 0 Å². The average molecular weight is 389 g/mol. The van der Waals surface area contributed by atoms with Crippen LogP contribution in [0, 0.1) is 6.92 Å². The Labute approximate surface area is 161 Å². The van der Waals surface area contributed by atoms with Crippen molar-refractivity contribution in [1.82, 2.24) is 5.32 Å². The van der Waals surface area contributed by atoms with Crippen molar-refractivity contribution >= 4 is 46.6 Å². The summed E-state index contributed by atoms with van der Waals surface area (Å²) >= 11 is 11.3. The predicted molar refractivity (Wildman–Crippen MR) is 107 cm³/mol. The Morgan fingerprint density at radius 2 is 2.08 bits per heavy atom. The van der Waals surface area contributed by atoms with Gasteiger partial charge in [-0.1, -0.05) is 17.7 Å². The normalized spacial score (nSPS) is 15.5. The van der Waals surface area contributed by atoms with Crippen molar-refractivity contribution in [1.29, 1.82) is 0 Å². The van der Waals surface area contributed by atoms with Gasteiger partial charge in [0.1, 0.15) is 5.70 Å². The smallest absolute Gasteiger partial charge is 0.281 e. The van der Waals surface area contributed by atoms with Crippen LogP contribution in [0.5, 0.6) is 11.5 Å². The van der Waals surface area contributed by atoms with Crippen molar-refractivity contribution in [2.45, 2.75) is 13.8 Å². The number of aryl methyl sites for hydroxylation is 1. The Morgan fingerprint density at radius 3 is 2.77 bits per heavy atom. The molecular weight excluding hydrogens is 372 g/mol. The van der Waals surface area contributed by atoms with Gasteiger partial charge in [0.2, 0.25) is 0 Å². The van der Waals surface area contributed by atoms with Gasteiger partial charge in [0.05, 0.1) is 12.3 Å². The van der Waals surface area contributed by atoms with Crippen LogP contribution in [0.3, 0.4) is 0 Å². The fraction of sp³-hybridized carbons (Fsp3) is 0.158. The van der Waals surface area contributed by atoms with E-state index in [2.05, 4.69) is 5.32 Å². The van der Waals surface area contributed by atoms with Crippen LogP contribution in [0.25, 0.3) is 6.08 Å². The van der Waals surface area contributed by atoms with Gasteiger partial charge >= 0.3 is 0 Å². The number of nitrogens with one attached hydrogen (secondary N) is 1. The maximum atomic E-state index is 12.8. The molecule has 26 heavy (non-hydrogen) atoms. The standard InChI is InChI=1S/C19H17ClN2O3S/c1-3-25-17-10-12(4-7-16(17)23)9-14-18(24)22(19(26)21-14)15-6-5-13(20)8-11(15)2/h4-10,23H,3H2,1-2H3,(H,21,26)/b14-9-. The van der Waals surface area contributed by atoms with Gasteiger partial charge in [-0.25, -0.2) is 0 Å². The van der Waals surface area contributed by atoms with E-state index in [4.69, 9.17) is 28.6 Å². The first-order chi connectivity index (χ1) is 12.4. The van der Waals surface area contributed by atoms with Gasteiger partial charge in [0.15, 0.2) is 16.6 Å². The monoisotopic (exact) mass is 388 g/mol. The zero-order valence-corrected chi connectivity index (χ0v) is 15.8. The van der Waals surface area contributed by atoms with Gasteiger partial charge in [-0.15, -0.1) is 0 Å². The minimum absolute atomic E-state index is 0.0497. The molecule has 0 bridgehead atoms. The lowest BCUT2D eigenvalue weighted by molar-refractivity contribution is -0.113. The number of anilines is 1. The SMILES string of the molecule is CCOc1cc(/C=C2\NC(=S)N(c3ccc(Cl)cc3C)C2=O)ccc1O. The third-order valence-corrected chi connectivity index (χ3v) is 4.39. The first kappa shape index (κ1) is 18.2. The number of halogens is 1. The van der Waals surface area contributed by atoms with Crippen LogP contribution < -0.4 is 15.0 Å². The molecule has 2 aromatic carbocycles. The summed E-state index contributed by atoms with van der Waals surface area (Å²) in [5.41, 5.74) is 2.58. The fourth-order valence-corrected chi connectivity index (χ4v) is 3.20. The van der Waals surface area contributed by atoms with Crippen LogP contribution in [0.2, 0.25) is 5.02 Å². The molecule has 7 heteroatoms. The third kappa shape index (κ3) is 3.52. The van der Waals surface area contributed by atoms with Gasteiger partial charge in [-0.2, -0.15) is 0 Å². The van der Waals surface area contributed by atoms with E-state index in [-0.39, 0.29) is 11.7 Å². The highest BCUT2D eigenvalue weighted by Crippen LogP contribution is 2.30. The van der Waals surface area contributed by atoms with Crippen LogP contribution in [0.15, 0.2) is 42.1 Å². The lowest BCUT2D eigenvalue weighted by atomic mass is 10.1. The number of hydrogen-bond acceptors (Lipinski definition) is 4. The lowest BCUT2D eigenvalue weighted by Crippen LogP contribution is -2.30. The van der Waals surface area contributed by atoms with E-state index in [1.165, 1.54) is 11.0 Å². The van der Waals surface area contributed by atoms with Crippen molar-refractivity contribution in [3.8, 4) is 11.5 Å². The van der Waals surface area contributed by atoms with E-state index >= 15 is 0 Å². The number of benzene rings is 2. The Balaban J connectivity index is 1.93. The lowest BCUT2D eigenvalue weighted by Gasteiger charge is -2.16. The van der Waals surface area contributed by atoms with Crippen molar-refractivity contribution in [3.05, 3.63) is 58.2 Å². The summed E-state index contributed by atoms with van der Waals surface area (Å²) in [6.45, 7) is 4.13. The summed E-state index contributed by atoms with van der Waals surface area (Å²) in [4.78, 5) is 14.3. The second kappa shape index (κ2) is 7.35. The van der Waals surface area contributed by atoms with E-state index in [0.29, 0.717) is 39.4 Å². The molecule has 3 rings (SSSR count). The molecule has 0 saturated carbocycles. The first-order valence-electron chi connectivity index (χ1n) is 7.99. The van der Waals surface area contributed by atoms with Crippen LogP contribution in [-0.4, -0.2) is 22.7 Å². The highest BCUT2D eigenvalue weighted by Gasteiger charge is 2.32. The minimum Gasteiger partial charge on any atom is -0.504 e. The molecule has 0 aromatic heterocycles. The molecule has 1 heterocycles. The summed E-state index contributed by atoms with van der Waals surface area (Å²) in [5, 5.41) is 13.6. The molecule has 1 amide bonds. The van der Waals surface area contributed by atoms with Crippen LogP contribution >= 0.6 is 23.8 Å². The fourth-order valence-electron chi connectivity index (χ4n) is 2.68. The topological polar surface area (TPSA) is 61.8 Å². The molecule has 1 saturated heterocycles. The van der Waals surface area contributed by atoms with Gasteiger partial charge in [-0.3, -0.25) is 9.69 Å². The summed E-state index contributed by atoms with van der Waals surface area (Å²) in [6, 6.07) is 10.1. The zero-order chi connectivity index (χ0) is 18.8. The number of nitrogens with zero attached hydrogens (tertiary/aromatic N) is 1. The number of carbonyl (C=O) groups is 1. The number of aromatic hydroxyl groups is 1. The molecule has 1 aliphatic heterocycles. The second-order valence-electron chi connectivity index (χ2n) is 5.72. The summed E-state index contributed by atoms with van der Waals surface area (Å²) < 4.78 is 5.37. The average Bonchev–Trinajstić information content (AvgIpc) is 2.85. The molecule has 0 unspecified atom stereocenters. The molecule has 2 N–H and O–H groups in total. The molecule has 5 nitrogen and oxygen atoms in total. The number of rotatable bonds is 4. The van der Waals surface area contributed by atoms with E-state index in [9.17, 15) is 9.90 Å². The Kier molecular flexibility index (Phi) is 5.15. The molecule has 134 valence electrons. The van der Waals surface area contributed by atoms with Crippen molar-refractivity contribution in [2.75, 3.05) is 11.5 Å².